The molecule has 0 bridgehead atoms. The summed E-state index contributed by atoms with van der Waals surface area (Å²) in [5, 5.41) is 12.8. The van der Waals surface area contributed by atoms with Crippen molar-refractivity contribution in [2.45, 2.75) is 17.4 Å². The van der Waals surface area contributed by atoms with Crippen LogP contribution in [0.3, 0.4) is 0 Å². The molecule has 0 amide bonds. The molecule has 0 saturated carbocycles. The van der Waals surface area contributed by atoms with Gasteiger partial charge < -0.3 is 10.4 Å². The van der Waals surface area contributed by atoms with Gasteiger partial charge in [-0.1, -0.05) is 24.3 Å². The maximum absolute atomic E-state index is 11.8. The van der Waals surface area contributed by atoms with Crippen molar-refractivity contribution in [3.05, 3.63) is 58.6 Å². The van der Waals surface area contributed by atoms with Gasteiger partial charge in [0.25, 0.3) is 0 Å². The fourth-order valence-corrected chi connectivity index (χ4v) is 2.80. The van der Waals surface area contributed by atoms with Gasteiger partial charge in [0, 0.05) is 15.1 Å². The van der Waals surface area contributed by atoms with E-state index in [-0.39, 0.29) is 0 Å². The number of hydrogen-bond acceptors (Lipinski definition) is 3. The predicted octanol–water partition coefficient (Wildman–Crippen LogP) is 4.58. The highest BCUT2D eigenvalue weighted by Gasteiger charge is 2.35. The molecule has 1 unspecified atom stereocenters. The molecule has 0 fully saturated rings. The number of halogens is 1. The van der Waals surface area contributed by atoms with Crippen molar-refractivity contribution in [1.82, 2.24) is 0 Å². The molecule has 0 saturated heterocycles. The fourth-order valence-electron chi connectivity index (χ4n) is 2.01. The molecule has 110 valence electrons. The lowest BCUT2D eigenvalue weighted by molar-refractivity contribution is -0.142. The Kier molecular flexibility index (Phi) is 4.96. The third kappa shape index (κ3) is 3.41. The van der Waals surface area contributed by atoms with Crippen LogP contribution in [0.4, 0.5) is 5.69 Å². The van der Waals surface area contributed by atoms with Crippen LogP contribution in [-0.4, -0.2) is 17.3 Å². The molecule has 3 nitrogen and oxygen atoms in total. The number of carboxylic acids is 1. The number of thioether (sulfide) groups is 1. The highest BCUT2D eigenvalue weighted by molar-refractivity contribution is 9.10. The topological polar surface area (TPSA) is 49.3 Å². The van der Waals surface area contributed by atoms with Gasteiger partial charge in [-0.05, 0) is 58.9 Å². The number of rotatable bonds is 5. The number of hydrogen-bond donors (Lipinski definition) is 2. The van der Waals surface area contributed by atoms with Gasteiger partial charge in [-0.25, -0.2) is 4.79 Å². The second-order valence-electron chi connectivity index (χ2n) is 4.76. The van der Waals surface area contributed by atoms with Gasteiger partial charge in [0.2, 0.25) is 0 Å². The van der Waals surface area contributed by atoms with Crippen LogP contribution >= 0.6 is 27.7 Å². The van der Waals surface area contributed by atoms with Gasteiger partial charge in [0.05, 0.1) is 0 Å². The van der Waals surface area contributed by atoms with E-state index < -0.39 is 11.5 Å². The number of carbonyl (C=O) groups is 1. The number of nitrogens with one attached hydrogen (secondary N) is 1. The third-order valence-corrected chi connectivity index (χ3v) is 4.79. The zero-order chi connectivity index (χ0) is 15.5. The van der Waals surface area contributed by atoms with Crippen molar-refractivity contribution in [2.24, 2.45) is 0 Å². The Morgan fingerprint density at radius 1 is 1.19 bits per heavy atom. The van der Waals surface area contributed by atoms with Crippen molar-refractivity contribution in [2.75, 3.05) is 11.6 Å². The molecule has 0 aliphatic carbocycles. The first kappa shape index (κ1) is 15.9. The highest BCUT2D eigenvalue weighted by Crippen LogP contribution is 2.31. The average molecular weight is 366 g/mol. The van der Waals surface area contributed by atoms with Gasteiger partial charge in [-0.15, -0.1) is 11.8 Å². The molecule has 1 atom stereocenters. The molecule has 0 spiro atoms. The molecule has 5 heteroatoms. The number of aliphatic carboxylic acids is 1. The Labute approximate surface area is 136 Å². The number of benzene rings is 2. The summed E-state index contributed by atoms with van der Waals surface area (Å²) < 4.78 is 0.832. The van der Waals surface area contributed by atoms with E-state index in [1.807, 2.05) is 54.8 Å². The summed E-state index contributed by atoms with van der Waals surface area (Å²) in [5.41, 5.74) is 0.265. The van der Waals surface area contributed by atoms with E-state index in [1.165, 1.54) is 0 Å². The molecule has 0 aliphatic heterocycles. The van der Waals surface area contributed by atoms with Crippen molar-refractivity contribution in [3.8, 4) is 0 Å². The van der Waals surface area contributed by atoms with E-state index in [4.69, 9.17) is 0 Å². The lowest BCUT2D eigenvalue weighted by Gasteiger charge is -2.28. The summed E-state index contributed by atoms with van der Waals surface area (Å²) in [7, 11) is 0. The van der Waals surface area contributed by atoms with E-state index in [2.05, 4.69) is 21.2 Å². The summed E-state index contributed by atoms with van der Waals surface area (Å²) in [6.45, 7) is 1.67. The Hall–Kier alpha value is -1.46. The third-order valence-electron chi connectivity index (χ3n) is 3.35. The first-order valence-corrected chi connectivity index (χ1v) is 8.40. The standard InChI is InChI=1S/C16H16BrNO2S/c1-16(15(19)20,11-7-9-12(21-2)10-8-11)18-14-6-4-3-5-13(14)17/h3-10,18H,1-2H3,(H,19,20). The normalized spacial score (nSPS) is 13.5. The molecular formula is C16H16BrNO2S. The molecule has 2 N–H and O–H groups in total. The van der Waals surface area contributed by atoms with Crippen molar-refractivity contribution in [3.63, 3.8) is 0 Å². The van der Waals surface area contributed by atoms with Gasteiger partial charge in [0.15, 0.2) is 5.54 Å². The Bertz CT molecular complexity index is 645. The summed E-state index contributed by atoms with van der Waals surface area (Å²) >= 11 is 5.06. The van der Waals surface area contributed by atoms with Crippen LogP contribution in [-0.2, 0) is 10.3 Å². The summed E-state index contributed by atoms with van der Waals surface area (Å²) in [6, 6.07) is 15.1. The number of para-hydroxylation sites is 1. The zero-order valence-corrected chi connectivity index (χ0v) is 14.2. The maximum Gasteiger partial charge on any atom is 0.333 e. The second kappa shape index (κ2) is 6.54. The van der Waals surface area contributed by atoms with Crippen LogP contribution in [0.25, 0.3) is 0 Å². The second-order valence-corrected chi connectivity index (χ2v) is 6.50. The Morgan fingerprint density at radius 3 is 2.33 bits per heavy atom. The zero-order valence-electron chi connectivity index (χ0n) is 11.8. The first-order chi connectivity index (χ1) is 9.97. The maximum atomic E-state index is 11.8. The van der Waals surface area contributed by atoms with E-state index in [9.17, 15) is 9.90 Å². The van der Waals surface area contributed by atoms with Gasteiger partial charge in [0.1, 0.15) is 0 Å². The predicted molar refractivity (Wildman–Crippen MR) is 91.0 cm³/mol. The van der Waals surface area contributed by atoms with Gasteiger partial charge >= 0.3 is 5.97 Å². The monoisotopic (exact) mass is 365 g/mol. The lowest BCUT2D eigenvalue weighted by Crippen LogP contribution is -2.40. The van der Waals surface area contributed by atoms with E-state index in [0.717, 1.165) is 15.1 Å². The average Bonchev–Trinajstić information content (AvgIpc) is 2.49. The van der Waals surface area contributed by atoms with Crippen LogP contribution < -0.4 is 5.32 Å². The Morgan fingerprint density at radius 2 is 1.81 bits per heavy atom. The largest absolute Gasteiger partial charge is 0.479 e. The number of anilines is 1. The molecule has 21 heavy (non-hydrogen) atoms. The van der Waals surface area contributed by atoms with Gasteiger partial charge in [-0.3, -0.25) is 0 Å². The highest BCUT2D eigenvalue weighted by atomic mass is 79.9. The molecule has 2 aromatic carbocycles. The molecule has 2 rings (SSSR count). The number of carboxylic acid groups (broad SMARTS) is 1. The van der Waals surface area contributed by atoms with Crippen LogP contribution in [0, 0.1) is 0 Å². The Balaban J connectivity index is 2.40. The van der Waals surface area contributed by atoms with Gasteiger partial charge in [-0.2, -0.15) is 0 Å². The molecule has 0 radical (unpaired) electrons. The minimum Gasteiger partial charge on any atom is -0.479 e. The fraction of sp³-hybridized carbons (Fsp3) is 0.188. The molecule has 0 heterocycles. The van der Waals surface area contributed by atoms with Crippen LogP contribution in [0.2, 0.25) is 0 Å². The first-order valence-electron chi connectivity index (χ1n) is 6.38. The minimum absolute atomic E-state index is 0.712. The van der Waals surface area contributed by atoms with E-state index in [0.29, 0.717) is 5.56 Å². The minimum atomic E-state index is -1.19. The van der Waals surface area contributed by atoms with Crippen LogP contribution in [0.15, 0.2) is 57.9 Å². The van der Waals surface area contributed by atoms with Crippen LogP contribution in [0.5, 0.6) is 0 Å². The SMILES string of the molecule is CSc1ccc(C(C)(Nc2ccccc2Br)C(=O)O)cc1. The summed E-state index contributed by atoms with van der Waals surface area (Å²) in [6.07, 6.45) is 1.99. The van der Waals surface area contributed by atoms with E-state index >= 15 is 0 Å². The smallest absolute Gasteiger partial charge is 0.333 e. The van der Waals surface area contributed by atoms with E-state index in [1.54, 1.807) is 18.7 Å². The van der Waals surface area contributed by atoms with Crippen LogP contribution in [0.1, 0.15) is 12.5 Å². The summed E-state index contributed by atoms with van der Waals surface area (Å²) in [5.74, 6) is -0.921. The van der Waals surface area contributed by atoms with Crippen molar-refractivity contribution >= 4 is 39.3 Å². The molecule has 0 aliphatic rings. The molecule has 0 aromatic heterocycles. The van der Waals surface area contributed by atoms with Crippen molar-refractivity contribution < 1.29 is 9.90 Å². The van der Waals surface area contributed by atoms with Crippen molar-refractivity contribution in [1.29, 1.82) is 0 Å². The summed E-state index contributed by atoms with van der Waals surface area (Å²) in [4.78, 5) is 12.9. The quantitative estimate of drug-likeness (QED) is 0.761. The lowest BCUT2D eigenvalue weighted by atomic mass is 9.91. The molecular weight excluding hydrogens is 350 g/mol. The molecule has 2 aromatic rings.